The Morgan fingerprint density at radius 1 is 1.21 bits per heavy atom. The minimum atomic E-state index is -0.797. The van der Waals surface area contributed by atoms with E-state index in [1.807, 2.05) is 0 Å². The van der Waals surface area contributed by atoms with Crippen molar-refractivity contribution in [3.05, 3.63) is 81.4 Å². The summed E-state index contributed by atoms with van der Waals surface area (Å²) in [6.07, 6.45) is 2.44. The molecule has 7 nitrogen and oxygen atoms in total. The first-order valence-electron chi connectivity index (χ1n) is 8.10. The van der Waals surface area contributed by atoms with Crippen LogP contribution in [0.25, 0.3) is 6.08 Å². The van der Waals surface area contributed by atoms with Crippen molar-refractivity contribution in [1.82, 2.24) is 5.32 Å². The van der Waals surface area contributed by atoms with Gasteiger partial charge < -0.3 is 10.1 Å². The molecule has 2 rings (SSSR count). The van der Waals surface area contributed by atoms with Gasteiger partial charge in [-0.1, -0.05) is 6.07 Å². The molecular formula is C19H16F2N2O5. The summed E-state index contributed by atoms with van der Waals surface area (Å²) < 4.78 is 31.4. The molecule has 9 heteroatoms. The van der Waals surface area contributed by atoms with Crippen LogP contribution in [0, 0.1) is 21.7 Å². The number of ether oxygens (including phenoxy) is 1. The number of amides is 1. The van der Waals surface area contributed by atoms with E-state index in [-0.39, 0.29) is 11.3 Å². The lowest BCUT2D eigenvalue weighted by Crippen LogP contribution is -2.31. The first kappa shape index (κ1) is 20.7. The molecule has 0 aromatic heterocycles. The molecule has 0 spiro atoms. The van der Waals surface area contributed by atoms with E-state index in [9.17, 15) is 28.5 Å². The highest BCUT2D eigenvalue weighted by molar-refractivity contribution is 5.89. The fourth-order valence-electron chi connectivity index (χ4n) is 2.27. The molecule has 0 unspecified atom stereocenters. The molecule has 0 bridgehead atoms. The minimum absolute atomic E-state index is 0.0805. The van der Waals surface area contributed by atoms with Crippen LogP contribution in [0.15, 0.2) is 48.5 Å². The monoisotopic (exact) mass is 390 g/mol. The molecule has 1 N–H and O–H groups in total. The second-order valence-corrected chi connectivity index (χ2v) is 5.74. The molecule has 0 fully saturated rings. The number of carbonyl (C=O) groups is 2. The smallest absolute Gasteiger partial charge is 0.331 e. The fourth-order valence-corrected chi connectivity index (χ4v) is 2.27. The molecule has 1 atom stereocenters. The number of hydrogen-bond acceptors (Lipinski definition) is 5. The summed E-state index contributed by atoms with van der Waals surface area (Å²) in [4.78, 5) is 33.5. The van der Waals surface area contributed by atoms with E-state index in [1.54, 1.807) is 0 Å². The molecular weight excluding hydrogens is 374 g/mol. The van der Waals surface area contributed by atoms with E-state index in [0.717, 1.165) is 12.1 Å². The topological polar surface area (TPSA) is 98.5 Å². The second kappa shape index (κ2) is 9.36. The Morgan fingerprint density at radius 3 is 2.50 bits per heavy atom. The van der Waals surface area contributed by atoms with Crippen molar-refractivity contribution in [3.63, 3.8) is 0 Å². The Balaban J connectivity index is 1.83. The summed E-state index contributed by atoms with van der Waals surface area (Å²) >= 11 is 0. The predicted molar refractivity (Wildman–Crippen MR) is 96.0 cm³/mol. The highest BCUT2D eigenvalue weighted by atomic mass is 19.1. The Hall–Kier alpha value is -3.62. The van der Waals surface area contributed by atoms with Crippen molar-refractivity contribution >= 4 is 23.6 Å². The quantitative estimate of drug-likeness (QED) is 0.338. The Bertz CT molecular complexity index is 913. The van der Waals surface area contributed by atoms with Crippen LogP contribution in [-0.4, -0.2) is 23.4 Å². The zero-order chi connectivity index (χ0) is 20.7. The van der Waals surface area contributed by atoms with Gasteiger partial charge in [0, 0.05) is 29.8 Å². The van der Waals surface area contributed by atoms with Crippen LogP contribution in [0.1, 0.15) is 24.1 Å². The van der Waals surface area contributed by atoms with Gasteiger partial charge in [-0.25, -0.2) is 13.6 Å². The number of nitrogens with zero attached hydrogens (tertiary/aromatic N) is 1. The summed E-state index contributed by atoms with van der Waals surface area (Å²) in [7, 11) is 0. The van der Waals surface area contributed by atoms with Crippen molar-refractivity contribution in [3.8, 4) is 0 Å². The molecule has 28 heavy (non-hydrogen) atoms. The zero-order valence-electron chi connectivity index (χ0n) is 14.7. The standard InChI is InChI=1S/C19H16F2N2O5/c1-12(16-8-5-14(20)10-17(16)21)22-18(24)11-28-19(25)9-4-13-2-6-15(7-3-13)23(26)27/h2-10,12H,11H2,1H3,(H,22,24)/b9-4+/t12-/m0/s1. The van der Waals surface area contributed by atoms with Crippen molar-refractivity contribution < 1.29 is 28.0 Å². The van der Waals surface area contributed by atoms with Crippen LogP contribution in [0.2, 0.25) is 0 Å². The van der Waals surface area contributed by atoms with Crippen molar-refractivity contribution in [2.75, 3.05) is 6.61 Å². The van der Waals surface area contributed by atoms with E-state index in [2.05, 4.69) is 5.32 Å². The van der Waals surface area contributed by atoms with Crippen LogP contribution >= 0.6 is 0 Å². The molecule has 2 aromatic carbocycles. The van der Waals surface area contributed by atoms with Gasteiger partial charge in [0.2, 0.25) is 0 Å². The van der Waals surface area contributed by atoms with Crippen molar-refractivity contribution in [2.24, 2.45) is 0 Å². The molecule has 0 aliphatic heterocycles. The number of carbonyl (C=O) groups excluding carboxylic acids is 2. The van der Waals surface area contributed by atoms with Crippen LogP contribution in [-0.2, 0) is 14.3 Å². The SMILES string of the molecule is C[C@H](NC(=O)COC(=O)/C=C/c1ccc([N+](=O)[O-])cc1)c1ccc(F)cc1F. The third kappa shape index (κ3) is 5.97. The minimum Gasteiger partial charge on any atom is -0.452 e. The number of esters is 1. The Kier molecular flexibility index (Phi) is 6.91. The lowest BCUT2D eigenvalue weighted by atomic mass is 10.1. The molecule has 1 amide bonds. The van der Waals surface area contributed by atoms with Gasteiger partial charge in [0.15, 0.2) is 6.61 Å². The highest BCUT2D eigenvalue weighted by Crippen LogP contribution is 2.17. The number of nitro benzene ring substituents is 1. The van der Waals surface area contributed by atoms with Gasteiger partial charge in [-0.2, -0.15) is 0 Å². The van der Waals surface area contributed by atoms with Crippen LogP contribution < -0.4 is 5.32 Å². The van der Waals surface area contributed by atoms with Crippen LogP contribution in [0.4, 0.5) is 14.5 Å². The van der Waals surface area contributed by atoms with E-state index in [4.69, 9.17) is 4.74 Å². The number of nitrogens with one attached hydrogen (secondary N) is 1. The zero-order valence-corrected chi connectivity index (χ0v) is 14.7. The van der Waals surface area contributed by atoms with Gasteiger partial charge in [0.25, 0.3) is 11.6 Å². The normalized spacial score (nSPS) is 11.8. The molecule has 0 heterocycles. The molecule has 0 aliphatic carbocycles. The van der Waals surface area contributed by atoms with Crippen LogP contribution in [0.5, 0.6) is 0 Å². The number of non-ortho nitro benzene ring substituents is 1. The average Bonchev–Trinajstić information content (AvgIpc) is 2.64. The van der Waals surface area contributed by atoms with E-state index in [1.165, 1.54) is 43.3 Å². The Labute approximate surface area is 158 Å². The fraction of sp³-hybridized carbons (Fsp3) is 0.158. The summed E-state index contributed by atoms with van der Waals surface area (Å²) in [5.74, 6) is -2.98. The lowest BCUT2D eigenvalue weighted by molar-refractivity contribution is -0.384. The lowest BCUT2D eigenvalue weighted by Gasteiger charge is -2.15. The number of nitro groups is 1. The van der Waals surface area contributed by atoms with Gasteiger partial charge in [0.1, 0.15) is 11.6 Å². The van der Waals surface area contributed by atoms with Gasteiger partial charge in [0.05, 0.1) is 11.0 Å². The van der Waals surface area contributed by atoms with Gasteiger partial charge in [-0.15, -0.1) is 0 Å². The van der Waals surface area contributed by atoms with E-state index in [0.29, 0.717) is 11.6 Å². The summed E-state index contributed by atoms with van der Waals surface area (Å²) in [5.41, 5.74) is 0.551. The van der Waals surface area contributed by atoms with E-state index < -0.39 is 41.1 Å². The van der Waals surface area contributed by atoms with E-state index >= 15 is 0 Å². The maximum atomic E-state index is 13.7. The molecule has 0 saturated carbocycles. The molecule has 0 aliphatic rings. The maximum Gasteiger partial charge on any atom is 0.331 e. The summed E-state index contributed by atoms with van der Waals surface area (Å²) in [5, 5.41) is 13.0. The largest absolute Gasteiger partial charge is 0.452 e. The van der Waals surface area contributed by atoms with Crippen LogP contribution in [0.3, 0.4) is 0 Å². The predicted octanol–water partition coefficient (Wildman–Crippen LogP) is 3.31. The first-order valence-corrected chi connectivity index (χ1v) is 8.10. The number of rotatable bonds is 7. The molecule has 146 valence electrons. The van der Waals surface area contributed by atoms with Gasteiger partial charge >= 0.3 is 5.97 Å². The first-order chi connectivity index (χ1) is 13.3. The van der Waals surface area contributed by atoms with Crippen molar-refractivity contribution in [2.45, 2.75) is 13.0 Å². The highest BCUT2D eigenvalue weighted by Gasteiger charge is 2.15. The molecule has 0 radical (unpaired) electrons. The summed E-state index contributed by atoms with van der Waals surface area (Å²) in [6.45, 7) is 0.918. The molecule has 0 saturated heterocycles. The number of hydrogen-bond donors (Lipinski definition) is 1. The number of halogens is 2. The third-order valence-electron chi connectivity index (χ3n) is 3.67. The number of benzene rings is 2. The van der Waals surface area contributed by atoms with Crippen molar-refractivity contribution in [1.29, 1.82) is 0 Å². The van der Waals surface area contributed by atoms with Gasteiger partial charge in [-0.3, -0.25) is 14.9 Å². The Morgan fingerprint density at radius 2 is 1.89 bits per heavy atom. The third-order valence-corrected chi connectivity index (χ3v) is 3.67. The second-order valence-electron chi connectivity index (χ2n) is 5.74. The molecule has 2 aromatic rings. The average molecular weight is 390 g/mol. The maximum absolute atomic E-state index is 13.7. The summed E-state index contributed by atoms with van der Waals surface area (Å²) in [6, 6.07) is 7.73. The van der Waals surface area contributed by atoms with Gasteiger partial charge in [-0.05, 0) is 36.8 Å².